The maximum atomic E-state index is 15.1. The number of carboxylic acid groups (broad SMARTS) is 1. The number of carbonyl (C=O) groups is 2. The van der Waals surface area contributed by atoms with E-state index >= 15 is 4.39 Å². The molecule has 0 spiro atoms. The second-order valence-corrected chi connectivity index (χ2v) is 9.02. The van der Waals surface area contributed by atoms with Gasteiger partial charge >= 0.3 is 5.97 Å². The molecular weight excluding hydrogens is 435 g/mol. The fourth-order valence-electron chi connectivity index (χ4n) is 4.27. The Hall–Kier alpha value is -3.40. The Morgan fingerprint density at radius 2 is 1.94 bits per heavy atom. The molecule has 2 aliphatic rings. The molecule has 1 N–H and O–H groups in total. The Morgan fingerprint density at radius 3 is 2.56 bits per heavy atom. The average Bonchev–Trinajstić information content (AvgIpc) is 2.79. The number of hydrogen-bond donors (Lipinski definition) is 1. The number of hydrogen-bond acceptors (Lipinski definition) is 6. The van der Waals surface area contributed by atoms with Crippen LogP contribution in [0.3, 0.4) is 0 Å². The maximum Gasteiger partial charge on any atom is 0.342 e. The van der Waals surface area contributed by atoms with Crippen LogP contribution in [0.4, 0.5) is 10.1 Å². The molecule has 1 saturated heterocycles. The predicted molar refractivity (Wildman–Crippen MR) is 118 cm³/mol. The van der Waals surface area contributed by atoms with E-state index in [1.807, 2.05) is 11.8 Å². The van der Waals surface area contributed by atoms with Gasteiger partial charge in [0.25, 0.3) is 5.91 Å². The van der Waals surface area contributed by atoms with Crippen LogP contribution in [0.2, 0.25) is 0 Å². The smallest absolute Gasteiger partial charge is 0.342 e. The zero-order chi connectivity index (χ0) is 22.6. The summed E-state index contributed by atoms with van der Waals surface area (Å²) in [4.78, 5) is 44.6. The molecule has 10 heteroatoms. The third-order valence-corrected chi connectivity index (χ3v) is 7.06. The van der Waals surface area contributed by atoms with Gasteiger partial charge in [-0.15, -0.1) is 0 Å². The average molecular weight is 454 g/mol. The molecule has 1 amide bonds. The number of aromatic carboxylic acids is 1. The van der Waals surface area contributed by atoms with Crippen molar-refractivity contribution in [2.45, 2.75) is 17.3 Å². The van der Waals surface area contributed by atoms with Gasteiger partial charge in [0.15, 0.2) is 0 Å². The van der Waals surface area contributed by atoms with Crippen LogP contribution in [0.25, 0.3) is 10.9 Å². The van der Waals surface area contributed by atoms with Crippen LogP contribution < -0.4 is 10.3 Å². The summed E-state index contributed by atoms with van der Waals surface area (Å²) >= 11 is 1.31. The van der Waals surface area contributed by atoms with Gasteiger partial charge in [0.1, 0.15) is 17.1 Å². The van der Waals surface area contributed by atoms with E-state index in [9.17, 15) is 19.5 Å². The van der Waals surface area contributed by atoms with Gasteiger partial charge in [0, 0.05) is 37.8 Å². The van der Waals surface area contributed by atoms with Gasteiger partial charge in [-0.3, -0.25) is 14.6 Å². The molecule has 0 saturated carbocycles. The number of pyridine rings is 2. The predicted octanol–water partition coefficient (Wildman–Crippen LogP) is 2.82. The minimum Gasteiger partial charge on any atom is -0.477 e. The van der Waals surface area contributed by atoms with Crippen molar-refractivity contribution in [1.82, 2.24) is 14.5 Å². The van der Waals surface area contributed by atoms with Crippen LogP contribution in [0.5, 0.6) is 0 Å². The molecule has 32 heavy (non-hydrogen) atoms. The summed E-state index contributed by atoms with van der Waals surface area (Å²) in [6.07, 6.45) is 1.57. The van der Waals surface area contributed by atoms with Gasteiger partial charge in [-0.2, -0.15) is 0 Å². The van der Waals surface area contributed by atoms with E-state index in [0.717, 1.165) is 6.07 Å². The highest BCUT2D eigenvalue weighted by molar-refractivity contribution is 8.00. The second kappa shape index (κ2) is 7.63. The van der Waals surface area contributed by atoms with Gasteiger partial charge in [0.05, 0.1) is 21.6 Å². The van der Waals surface area contributed by atoms with E-state index in [1.54, 1.807) is 39.9 Å². The maximum absolute atomic E-state index is 15.1. The number of carboxylic acids is 1. The fourth-order valence-corrected chi connectivity index (χ4v) is 5.42. The summed E-state index contributed by atoms with van der Waals surface area (Å²) in [5.74, 6) is -2.06. The number of anilines is 1. The molecule has 1 aromatic carbocycles. The monoisotopic (exact) mass is 454 g/mol. The van der Waals surface area contributed by atoms with Crippen molar-refractivity contribution >= 4 is 40.2 Å². The van der Waals surface area contributed by atoms with Crippen LogP contribution in [-0.2, 0) is 0 Å². The zero-order valence-electron chi connectivity index (χ0n) is 17.1. The van der Waals surface area contributed by atoms with E-state index < -0.39 is 17.2 Å². The molecule has 2 aromatic heterocycles. The van der Waals surface area contributed by atoms with Crippen molar-refractivity contribution in [3.8, 4) is 0 Å². The molecule has 1 fully saturated rings. The molecule has 5 rings (SSSR count). The van der Waals surface area contributed by atoms with Crippen molar-refractivity contribution in [3.05, 3.63) is 63.8 Å². The van der Waals surface area contributed by atoms with Gasteiger partial charge < -0.3 is 19.5 Å². The van der Waals surface area contributed by atoms with E-state index in [1.165, 1.54) is 11.8 Å². The number of aromatic nitrogens is 2. The summed E-state index contributed by atoms with van der Waals surface area (Å²) in [7, 11) is 0. The summed E-state index contributed by atoms with van der Waals surface area (Å²) in [6, 6.07) is 7.92. The van der Waals surface area contributed by atoms with Crippen molar-refractivity contribution in [1.29, 1.82) is 0 Å². The normalized spacial score (nSPS) is 17.8. The number of halogens is 1. The van der Waals surface area contributed by atoms with Crippen molar-refractivity contribution in [2.24, 2.45) is 0 Å². The lowest BCUT2D eigenvalue weighted by Crippen LogP contribution is -2.49. The Labute approximate surface area is 186 Å². The first-order chi connectivity index (χ1) is 15.4. The Morgan fingerprint density at radius 1 is 1.19 bits per heavy atom. The summed E-state index contributed by atoms with van der Waals surface area (Å²) in [5, 5.41) is 9.86. The highest BCUT2D eigenvalue weighted by atomic mass is 32.2. The van der Waals surface area contributed by atoms with E-state index in [-0.39, 0.29) is 22.2 Å². The van der Waals surface area contributed by atoms with E-state index in [0.29, 0.717) is 48.1 Å². The molecule has 0 radical (unpaired) electrons. The summed E-state index contributed by atoms with van der Waals surface area (Å²) in [6.45, 7) is 3.58. The molecule has 2 aliphatic heterocycles. The van der Waals surface area contributed by atoms with Gasteiger partial charge in [-0.1, -0.05) is 17.8 Å². The van der Waals surface area contributed by atoms with Gasteiger partial charge in [-0.25, -0.2) is 9.18 Å². The quantitative estimate of drug-likeness (QED) is 0.650. The van der Waals surface area contributed by atoms with Crippen molar-refractivity contribution < 1.29 is 19.1 Å². The Kier molecular flexibility index (Phi) is 4.89. The number of benzene rings is 1. The highest BCUT2D eigenvalue weighted by Gasteiger charge is 2.33. The number of thioether (sulfide) groups is 1. The highest BCUT2D eigenvalue weighted by Crippen LogP contribution is 2.46. The number of carbonyl (C=O) groups excluding carboxylic acids is 1. The molecule has 1 unspecified atom stereocenters. The van der Waals surface area contributed by atoms with E-state index in [2.05, 4.69) is 4.98 Å². The molecule has 3 aromatic rings. The Bertz CT molecular complexity index is 1320. The van der Waals surface area contributed by atoms with Crippen LogP contribution in [-0.4, -0.2) is 57.6 Å². The lowest BCUT2D eigenvalue weighted by Gasteiger charge is -2.37. The van der Waals surface area contributed by atoms with Crippen LogP contribution in [0, 0.1) is 5.82 Å². The first-order valence-corrected chi connectivity index (χ1v) is 11.0. The molecule has 8 nitrogen and oxygen atoms in total. The topological polar surface area (TPSA) is 95.7 Å². The van der Waals surface area contributed by atoms with Crippen molar-refractivity contribution in [2.75, 3.05) is 31.1 Å². The number of piperazine rings is 1. The first kappa shape index (κ1) is 20.5. The lowest BCUT2D eigenvalue weighted by molar-refractivity contribution is 0.0688. The first-order valence-electron chi connectivity index (χ1n) is 10.1. The van der Waals surface area contributed by atoms with E-state index in [4.69, 9.17) is 0 Å². The number of rotatable bonds is 3. The molecule has 4 heterocycles. The number of amides is 1. The van der Waals surface area contributed by atoms with Gasteiger partial charge in [-0.05, 0) is 31.2 Å². The van der Waals surface area contributed by atoms with Crippen LogP contribution in [0.1, 0.15) is 33.1 Å². The molecular formula is C22H19FN4O4S. The van der Waals surface area contributed by atoms with Crippen LogP contribution >= 0.6 is 11.8 Å². The SMILES string of the molecule is CC1Sc2c(C(=O)O)c(=O)c3cc(F)c(N4CCN(C(=O)c5ccccn5)CC4)cc3n21. The summed E-state index contributed by atoms with van der Waals surface area (Å²) in [5.41, 5.74) is 0.245. The number of nitrogens with zero attached hydrogens (tertiary/aromatic N) is 4. The largest absolute Gasteiger partial charge is 0.477 e. The molecule has 0 aliphatic carbocycles. The zero-order valence-corrected chi connectivity index (χ0v) is 17.9. The van der Waals surface area contributed by atoms with Gasteiger partial charge in [0.2, 0.25) is 5.43 Å². The standard InChI is InChI=1S/C22H19FN4O4S/c1-12-27-16-11-17(14(23)10-13(16)19(28)18(22(30)31)21(27)32-12)25-6-8-26(9-7-25)20(29)15-4-2-3-5-24-15/h2-5,10-12H,6-9H2,1H3,(H,30,31). The fraction of sp³-hybridized carbons (Fsp3) is 0.273. The third kappa shape index (κ3) is 3.13. The molecule has 1 atom stereocenters. The minimum absolute atomic E-state index is 0.0580. The minimum atomic E-state index is -1.31. The summed E-state index contributed by atoms with van der Waals surface area (Å²) < 4.78 is 16.8. The molecule has 0 bridgehead atoms. The van der Waals surface area contributed by atoms with Crippen LogP contribution in [0.15, 0.2) is 46.3 Å². The number of fused-ring (bicyclic) bond motifs is 3. The van der Waals surface area contributed by atoms with Crippen molar-refractivity contribution in [3.63, 3.8) is 0 Å². The Balaban J connectivity index is 1.47. The lowest BCUT2D eigenvalue weighted by atomic mass is 10.1. The second-order valence-electron chi connectivity index (χ2n) is 7.72. The third-order valence-electron chi connectivity index (χ3n) is 5.88. The molecule has 164 valence electrons.